The highest BCUT2D eigenvalue weighted by Gasteiger charge is 2.23. The van der Waals surface area contributed by atoms with E-state index >= 15 is 0 Å². The molecule has 1 aromatic rings. The fourth-order valence-corrected chi connectivity index (χ4v) is 2.48. The van der Waals surface area contributed by atoms with Crippen LogP contribution >= 0.6 is 0 Å². The van der Waals surface area contributed by atoms with Crippen molar-refractivity contribution < 1.29 is 9.66 Å². The molecular formula is C14H20N2O3. The summed E-state index contributed by atoms with van der Waals surface area (Å²) in [5.74, 6) is 0. The molecule has 5 heteroatoms. The second-order valence-electron chi connectivity index (χ2n) is 4.92. The first-order valence-corrected chi connectivity index (χ1v) is 6.73. The normalized spacial score (nSPS) is 18.5. The average Bonchev–Trinajstić information content (AvgIpc) is 2.89. The molecule has 104 valence electrons. The topological polar surface area (TPSA) is 55.6 Å². The largest absolute Gasteiger partial charge is 0.376 e. The zero-order valence-corrected chi connectivity index (χ0v) is 11.5. The molecule has 0 bridgehead atoms. The highest BCUT2D eigenvalue weighted by atomic mass is 16.6. The van der Waals surface area contributed by atoms with E-state index in [2.05, 4.69) is 0 Å². The molecule has 1 fully saturated rings. The molecule has 0 N–H and O–H groups in total. The van der Waals surface area contributed by atoms with Gasteiger partial charge in [0, 0.05) is 25.8 Å². The number of aryl methyl sites for hydroxylation is 1. The maximum absolute atomic E-state index is 11.2. The summed E-state index contributed by atoms with van der Waals surface area (Å²) < 4.78 is 5.62. The Bertz CT molecular complexity index is 456. The van der Waals surface area contributed by atoms with Gasteiger partial charge in [0.1, 0.15) is 5.69 Å². The number of nitro benzene ring substituents is 1. The number of ether oxygens (including phenoxy) is 1. The standard InChI is InChI=1S/C14H20N2O3/c1-3-15(10-12-5-4-8-19-12)13-7-6-11(2)9-14(13)16(17)18/h6-7,9,12H,3-5,8,10H2,1-2H3. The average molecular weight is 264 g/mol. The van der Waals surface area contributed by atoms with Crippen LogP contribution in [0.1, 0.15) is 25.3 Å². The molecule has 1 aliphatic heterocycles. The maximum atomic E-state index is 11.2. The molecule has 0 spiro atoms. The van der Waals surface area contributed by atoms with Crippen molar-refractivity contribution in [3.63, 3.8) is 0 Å². The van der Waals surface area contributed by atoms with E-state index < -0.39 is 0 Å². The second-order valence-corrected chi connectivity index (χ2v) is 4.92. The van der Waals surface area contributed by atoms with Crippen molar-refractivity contribution in [1.29, 1.82) is 0 Å². The molecule has 5 nitrogen and oxygen atoms in total. The van der Waals surface area contributed by atoms with Gasteiger partial charge in [0.15, 0.2) is 0 Å². The van der Waals surface area contributed by atoms with E-state index in [0.29, 0.717) is 5.69 Å². The van der Waals surface area contributed by atoms with Gasteiger partial charge in [0.2, 0.25) is 0 Å². The summed E-state index contributed by atoms with van der Waals surface area (Å²) in [6, 6.07) is 5.39. The molecule has 0 saturated carbocycles. The minimum atomic E-state index is -0.305. The van der Waals surface area contributed by atoms with Gasteiger partial charge in [0.25, 0.3) is 5.69 Å². The van der Waals surface area contributed by atoms with Gasteiger partial charge < -0.3 is 9.64 Å². The number of hydrogen-bond donors (Lipinski definition) is 0. The van der Waals surface area contributed by atoms with Crippen molar-refractivity contribution in [2.24, 2.45) is 0 Å². The Hall–Kier alpha value is -1.62. The summed E-state index contributed by atoms with van der Waals surface area (Å²) >= 11 is 0. The highest BCUT2D eigenvalue weighted by Crippen LogP contribution is 2.30. The molecule has 2 rings (SSSR count). The number of anilines is 1. The molecule has 0 radical (unpaired) electrons. The van der Waals surface area contributed by atoms with E-state index in [1.165, 1.54) is 0 Å². The van der Waals surface area contributed by atoms with Crippen molar-refractivity contribution in [2.75, 3.05) is 24.6 Å². The fourth-order valence-electron chi connectivity index (χ4n) is 2.48. The first-order valence-electron chi connectivity index (χ1n) is 6.73. The molecule has 1 saturated heterocycles. The van der Waals surface area contributed by atoms with Crippen LogP contribution in [0.3, 0.4) is 0 Å². The molecule has 1 atom stereocenters. The van der Waals surface area contributed by atoms with Gasteiger partial charge in [-0.15, -0.1) is 0 Å². The Kier molecular flexibility index (Phi) is 4.37. The van der Waals surface area contributed by atoms with Gasteiger partial charge in [-0.25, -0.2) is 0 Å². The van der Waals surface area contributed by atoms with Crippen molar-refractivity contribution >= 4 is 11.4 Å². The maximum Gasteiger partial charge on any atom is 0.292 e. The van der Waals surface area contributed by atoms with E-state index in [9.17, 15) is 10.1 Å². The Balaban J connectivity index is 2.23. The molecule has 1 unspecified atom stereocenters. The molecule has 19 heavy (non-hydrogen) atoms. The lowest BCUT2D eigenvalue weighted by Gasteiger charge is -2.25. The molecule has 1 aliphatic rings. The third-order valence-corrected chi connectivity index (χ3v) is 3.50. The van der Waals surface area contributed by atoms with Gasteiger partial charge >= 0.3 is 0 Å². The molecule has 0 amide bonds. The Morgan fingerprint density at radius 2 is 2.32 bits per heavy atom. The van der Waals surface area contributed by atoms with Crippen molar-refractivity contribution in [1.82, 2.24) is 0 Å². The number of nitro groups is 1. The predicted molar refractivity (Wildman–Crippen MR) is 74.7 cm³/mol. The van der Waals surface area contributed by atoms with Gasteiger partial charge in [-0.2, -0.15) is 0 Å². The molecule has 1 heterocycles. The summed E-state index contributed by atoms with van der Waals surface area (Å²) in [6.45, 7) is 6.15. The number of benzene rings is 1. The quantitative estimate of drug-likeness (QED) is 0.606. The molecule has 0 aromatic heterocycles. The predicted octanol–water partition coefficient (Wildman–Crippen LogP) is 2.91. The van der Waals surface area contributed by atoms with Crippen LogP contribution in [0.4, 0.5) is 11.4 Å². The summed E-state index contributed by atoms with van der Waals surface area (Å²) in [4.78, 5) is 12.9. The van der Waals surface area contributed by atoms with Crippen LogP contribution in [-0.2, 0) is 4.74 Å². The Morgan fingerprint density at radius 3 is 2.89 bits per heavy atom. The van der Waals surface area contributed by atoms with Crippen LogP contribution in [-0.4, -0.2) is 30.7 Å². The lowest BCUT2D eigenvalue weighted by atomic mass is 10.1. The third-order valence-electron chi connectivity index (χ3n) is 3.50. The van der Waals surface area contributed by atoms with E-state index in [1.54, 1.807) is 6.07 Å². The number of likely N-dealkylation sites (N-methyl/N-ethyl adjacent to an activating group) is 1. The summed E-state index contributed by atoms with van der Waals surface area (Å²) in [6.07, 6.45) is 2.31. The monoisotopic (exact) mass is 264 g/mol. The van der Waals surface area contributed by atoms with Crippen LogP contribution in [0.2, 0.25) is 0 Å². The summed E-state index contributed by atoms with van der Waals surface area (Å²) in [5.41, 5.74) is 1.78. The Labute approximate surface area is 113 Å². The van der Waals surface area contributed by atoms with E-state index in [4.69, 9.17) is 4.74 Å². The van der Waals surface area contributed by atoms with Crippen molar-refractivity contribution in [2.45, 2.75) is 32.8 Å². The lowest BCUT2D eigenvalue weighted by molar-refractivity contribution is -0.384. The van der Waals surface area contributed by atoms with Crippen molar-refractivity contribution in [3.8, 4) is 0 Å². The minimum Gasteiger partial charge on any atom is -0.376 e. The minimum absolute atomic E-state index is 0.180. The van der Waals surface area contributed by atoms with Crippen LogP contribution in [0.15, 0.2) is 18.2 Å². The molecule has 0 aliphatic carbocycles. The Morgan fingerprint density at radius 1 is 1.53 bits per heavy atom. The van der Waals surface area contributed by atoms with Crippen LogP contribution < -0.4 is 4.90 Å². The summed E-state index contributed by atoms with van der Waals surface area (Å²) in [7, 11) is 0. The SMILES string of the molecule is CCN(CC1CCCO1)c1ccc(C)cc1[N+](=O)[O-]. The van der Waals surface area contributed by atoms with Gasteiger partial charge in [0.05, 0.1) is 11.0 Å². The van der Waals surface area contributed by atoms with Gasteiger partial charge in [-0.1, -0.05) is 6.07 Å². The lowest BCUT2D eigenvalue weighted by Crippen LogP contribution is -2.32. The first kappa shape index (κ1) is 13.8. The number of nitrogens with zero attached hydrogens (tertiary/aromatic N) is 2. The zero-order valence-electron chi connectivity index (χ0n) is 11.5. The van der Waals surface area contributed by atoms with Crippen LogP contribution in [0.5, 0.6) is 0 Å². The summed E-state index contributed by atoms with van der Waals surface area (Å²) in [5, 5.41) is 11.2. The van der Waals surface area contributed by atoms with E-state index in [-0.39, 0.29) is 16.7 Å². The van der Waals surface area contributed by atoms with Crippen LogP contribution in [0, 0.1) is 17.0 Å². The number of rotatable bonds is 5. The van der Waals surface area contributed by atoms with E-state index in [1.807, 2.05) is 30.9 Å². The molecule has 1 aromatic carbocycles. The number of hydrogen-bond acceptors (Lipinski definition) is 4. The van der Waals surface area contributed by atoms with Gasteiger partial charge in [-0.05, 0) is 38.3 Å². The van der Waals surface area contributed by atoms with Crippen molar-refractivity contribution in [3.05, 3.63) is 33.9 Å². The highest BCUT2D eigenvalue weighted by molar-refractivity contribution is 5.64. The third kappa shape index (κ3) is 3.23. The molecular weight excluding hydrogens is 244 g/mol. The smallest absolute Gasteiger partial charge is 0.292 e. The zero-order chi connectivity index (χ0) is 13.8. The van der Waals surface area contributed by atoms with E-state index in [0.717, 1.165) is 38.1 Å². The van der Waals surface area contributed by atoms with Crippen LogP contribution in [0.25, 0.3) is 0 Å². The fraction of sp³-hybridized carbons (Fsp3) is 0.571. The second kappa shape index (κ2) is 6.02. The first-order chi connectivity index (χ1) is 9.11. The van der Waals surface area contributed by atoms with Gasteiger partial charge in [-0.3, -0.25) is 10.1 Å².